The molecule has 0 N–H and O–H groups in total. The molecule has 0 spiro atoms. The van der Waals surface area contributed by atoms with Crippen LogP contribution in [0.4, 0.5) is 0 Å². The van der Waals surface area contributed by atoms with Crippen LogP contribution < -0.4 is 14.8 Å². The molecule has 234 valence electrons. The van der Waals surface area contributed by atoms with E-state index in [4.69, 9.17) is 13.9 Å². The number of hydrogen-bond acceptors (Lipinski definition) is 4. The van der Waals surface area contributed by atoms with Crippen LogP contribution in [-0.4, -0.2) is 54.7 Å². The molecule has 2 fully saturated rings. The normalized spacial score (nSPS) is 24.7. The Bertz CT molecular complexity index is 1320. The van der Waals surface area contributed by atoms with E-state index in [1.807, 2.05) is 13.0 Å². The van der Waals surface area contributed by atoms with E-state index in [-0.39, 0.29) is 41.0 Å². The van der Waals surface area contributed by atoms with Crippen LogP contribution in [0.1, 0.15) is 47.5 Å². The van der Waals surface area contributed by atoms with Crippen molar-refractivity contribution in [3.05, 3.63) is 103 Å². The van der Waals surface area contributed by atoms with Crippen LogP contribution in [-0.2, 0) is 18.7 Å². The number of benzene rings is 3. The molecule has 0 amide bonds. The fourth-order valence-electron chi connectivity index (χ4n) is 7.51. The van der Waals surface area contributed by atoms with Crippen molar-refractivity contribution in [2.45, 2.75) is 70.0 Å². The van der Waals surface area contributed by atoms with Gasteiger partial charge in [0.25, 0.3) is 0 Å². The van der Waals surface area contributed by atoms with Crippen LogP contribution >= 0.6 is 0 Å². The molecule has 5 rings (SSSR count). The van der Waals surface area contributed by atoms with Gasteiger partial charge in [-0.15, -0.1) is 0 Å². The predicted molar refractivity (Wildman–Crippen MR) is 184 cm³/mol. The zero-order chi connectivity index (χ0) is 31.2. The van der Waals surface area contributed by atoms with E-state index in [1.54, 1.807) is 0 Å². The predicted octanol–water partition coefficient (Wildman–Crippen LogP) is 6.18. The van der Waals surface area contributed by atoms with Gasteiger partial charge in [0.1, 0.15) is 0 Å². The van der Waals surface area contributed by atoms with Crippen molar-refractivity contribution in [1.29, 1.82) is 0 Å². The monoisotopic (exact) mass is 676 g/mol. The second-order valence-corrected chi connectivity index (χ2v) is 19.9. The van der Waals surface area contributed by atoms with Crippen LogP contribution in [0.15, 0.2) is 103 Å². The van der Waals surface area contributed by atoms with Crippen LogP contribution in [0.5, 0.6) is 0 Å². The molecule has 0 saturated carbocycles. The second-order valence-electron chi connectivity index (χ2n) is 13.3. The minimum atomic E-state index is -2.57. The van der Waals surface area contributed by atoms with Gasteiger partial charge in [-0.1, -0.05) is 12.1 Å². The van der Waals surface area contributed by atoms with Crippen LogP contribution in [0.3, 0.4) is 0 Å². The average molecular weight is 676 g/mol. The summed E-state index contributed by atoms with van der Waals surface area (Å²) in [4.78, 5) is 12.9. The Balaban J connectivity index is 1.34. The molecule has 44 heavy (non-hydrogen) atoms. The third-order valence-corrected chi connectivity index (χ3v) is 16.8. The van der Waals surface area contributed by atoms with Gasteiger partial charge in [0.2, 0.25) is 0 Å². The van der Waals surface area contributed by atoms with Gasteiger partial charge < -0.3 is 0 Å². The fraction of sp³-hybridized carbons (Fsp3) is 0.447. The summed E-state index contributed by atoms with van der Waals surface area (Å²) in [5.74, 6) is 0.515. The Morgan fingerprint density at radius 1 is 0.955 bits per heavy atom. The summed E-state index contributed by atoms with van der Waals surface area (Å²) in [7, 11) is -2.57. The molecule has 2 saturated heterocycles. The Hall–Kier alpha value is -2.47. The number of cyclic esters (lactones) is 1. The summed E-state index contributed by atoms with van der Waals surface area (Å²) in [6, 6.07) is 32.5. The number of allylic oxidation sites excluding steroid dienone is 1. The first-order chi connectivity index (χ1) is 21.3. The number of carbonyl (C=O) groups excluding carboxylic acids is 1. The van der Waals surface area contributed by atoms with Gasteiger partial charge in [0, 0.05) is 0 Å². The van der Waals surface area contributed by atoms with E-state index in [9.17, 15) is 4.79 Å². The van der Waals surface area contributed by atoms with E-state index >= 15 is 0 Å². The maximum absolute atomic E-state index is 12.9. The van der Waals surface area contributed by atoms with E-state index < -0.39 is 8.32 Å². The zero-order valence-electron chi connectivity index (χ0n) is 26.9. The van der Waals surface area contributed by atoms with Crippen molar-refractivity contribution < 1.29 is 18.7 Å². The third-order valence-electron chi connectivity index (χ3n) is 9.50. The molecule has 0 aromatic heterocycles. The molecule has 6 atom stereocenters. The van der Waals surface area contributed by atoms with Gasteiger partial charge in [-0.2, -0.15) is 0 Å². The first-order valence-corrected chi connectivity index (χ1v) is 20.1. The summed E-state index contributed by atoms with van der Waals surface area (Å²) < 4.78 is 21.1. The zero-order valence-corrected chi connectivity index (χ0v) is 29.6. The molecular formula is C38H48O4SeSi. The molecule has 2 aliphatic heterocycles. The molecule has 0 aliphatic carbocycles. The quantitative estimate of drug-likeness (QED) is 0.0997. The molecule has 0 radical (unpaired) electrons. The number of hydrogen-bond donors (Lipinski definition) is 0. The molecule has 3 aromatic rings. The summed E-state index contributed by atoms with van der Waals surface area (Å²) in [5.41, 5.74) is 0. The van der Waals surface area contributed by atoms with E-state index in [1.165, 1.54) is 14.8 Å². The molecule has 0 unspecified atom stereocenters. The van der Waals surface area contributed by atoms with Gasteiger partial charge in [0.15, 0.2) is 0 Å². The summed E-state index contributed by atoms with van der Waals surface area (Å²) in [6.45, 7) is 12.6. The molecule has 4 nitrogen and oxygen atoms in total. The first-order valence-electron chi connectivity index (χ1n) is 16.1. The van der Waals surface area contributed by atoms with Crippen molar-refractivity contribution >= 4 is 44.1 Å². The number of rotatable bonds is 12. The SMILES string of the molecule is C/C=C/[C@H]1O[C@H](C[Se]c2ccccc2)[C@@H]([C@H](C)CCCO[Si](c2ccccc2)(c2ccccc2)C(C)(C)C)[C@H]2COC(=O)[C@@H]21. The number of fused-ring (bicyclic) bond motifs is 1. The standard InChI is InChI=1S/C38H48O4SeSi/c1-6-17-33-36-32(26-40-37(36)39)35(34(42-33)27-43-29-19-10-7-11-20-29)28(2)18-16-25-41-44(38(3,4)5,30-21-12-8-13-22-30)31-23-14-9-15-24-31/h6-15,17,19-24,28,32-36H,16,18,25-27H2,1-5H3/b17-6+/t28-,32-,33-,34-,35+,36+/m1/s1. The molecule has 2 aliphatic rings. The van der Waals surface area contributed by atoms with Crippen molar-refractivity contribution in [1.82, 2.24) is 0 Å². The van der Waals surface area contributed by atoms with Crippen LogP contribution in [0.25, 0.3) is 0 Å². The van der Waals surface area contributed by atoms with Crippen molar-refractivity contribution in [3.8, 4) is 0 Å². The summed E-state index contributed by atoms with van der Waals surface area (Å²) >= 11 is 0.299. The van der Waals surface area contributed by atoms with Crippen molar-refractivity contribution in [2.24, 2.45) is 23.7 Å². The molecule has 0 bridgehead atoms. The van der Waals surface area contributed by atoms with Crippen molar-refractivity contribution in [3.63, 3.8) is 0 Å². The van der Waals surface area contributed by atoms with E-state index in [0.717, 1.165) is 18.2 Å². The number of esters is 1. The number of carbonyl (C=O) groups is 1. The van der Waals surface area contributed by atoms with Gasteiger partial charge in [-0.3, -0.25) is 0 Å². The molecular weight excluding hydrogens is 627 g/mol. The summed E-state index contributed by atoms with van der Waals surface area (Å²) in [6.07, 6.45) is 5.94. The minimum absolute atomic E-state index is 0.0419. The molecule has 3 aromatic carbocycles. The Morgan fingerprint density at radius 3 is 2.11 bits per heavy atom. The average Bonchev–Trinajstić information content (AvgIpc) is 3.42. The van der Waals surface area contributed by atoms with Crippen LogP contribution in [0, 0.1) is 23.7 Å². The number of ether oxygens (including phenoxy) is 2. The van der Waals surface area contributed by atoms with Crippen molar-refractivity contribution in [2.75, 3.05) is 13.2 Å². The van der Waals surface area contributed by atoms with E-state index in [2.05, 4.69) is 125 Å². The van der Waals surface area contributed by atoms with E-state index in [0.29, 0.717) is 34.1 Å². The van der Waals surface area contributed by atoms with Gasteiger partial charge >= 0.3 is 261 Å². The van der Waals surface area contributed by atoms with Gasteiger partial charge in [0.05, 0.1) is 0 Å². The topological polar surface area (TPSA) is 44.8 Å². The molecule has 2 heterocycles. The third kappa shape index (κ3) is 7.00. The van der Waals surface area contributed by atoms with Crippen LogP contribution in [0.2, 0.25) is 10.4 Å². The molecule has 6 heteroatoms. The fourth-order valence-corrected chi connectivity index (χ4v) is 14.2. The second kappa shape index (κ2) is 14.7. The van der Waals surface area contributed by atoms with Gasteiger partial charge in [-0.05, 0) is 0 Å². The Kier molecular flexibility index (Phi) is 11.0. The summed E-state index contributed by atoms with van der Waals surface area (Å²) in [5, 5.41) is 3.58. The maximum atomic E-state index is 12.9. The Morgan fingerprint density at radius 2 is 1.55 bits per heavy atom. The Labute approximate surface area is 271 Å². The first kappa shape index (κ1) is 32.9. The van der Waals surface area contributed by atoms with Gasteiger partial charge in [-0.25, -0.2) is 0 Å².